The Balaban J connectivity index is 2.01. The highest BCUT2D eigenvalue weighted by molar-refractivity contribution is 6.31. The molecule has 140 valence electrons. The smallest absolute Gasteiger partial charge is 0.256 e. The van der Waals surface area contributed by atoms with Gasteiger partial charge in [-0.3, -0.25) is 4.79 Å². The predicted octanol–water partition coefficient (Wildman–Crippen LogP) is 5.35. The number of rotatable bonds is 3. The lowest BCUT2D eigenvalue weighted by molar-refractivity contribution is 0.102. The van der Waals surface area contributed by atoms with Gasteiger partial charge in [-0.25, -0.2) is 13.5 Å². The van der Waals surface area contributed by atoms with Gasteiger partial charge in [0.1, 0.15) is 17.5 Å². The number of nitrogens with one attached hydrogen (secondary N) is 1. The number of benzene rings is 2. The van der Waals surface area contributed by atoms with Gasteiger partial charge >= 0.3 is 0 Å². The maximum atomic E-state index is 13.7. The minimum absolute atomic E-state index is 0.142. The van der Waals surface area contributed by atoms with E-state index in [-0.39, 0.29) is 16.0 Å². The average molecular weight is 390 g/mol. The molecular formula is C20H18ClF2N3O. The number of carbonyl (C=O) groups excluding carboxylic acids is 1. The second-order valence-corrected chi connectivity index (χ2v) is 7.55. The van der Waals surface area contributed by atoms with Crippen molar-refractivity contribution in [2.24, 2.45) is 0 Å². The van der Waals surface area contributed by atoms with E-state index in [9.17, 15) is 13.6 Å². The number of hydrogen-bond donors (Lipinski definition) is 1. The van der Waals surface area contributed by atoms with Gasteiger partial charge in [-0.1, -0.05) is 38.4 Å². The molecule has 3 rings (SSSR count). The molecule has 2 aromatic carbocycles. The van der Waals surface area contributed by atoms with Crippen LogP contribution in [0.5, 0.6) is 0 Å². The Labute approximate surface area is 160 Å². The van der Waals surface area contributed by atoms with Crippen molar-refractivity contribution in [2.75, 3.05) is 5.32 Å². The fourth-order valence-electron chi connectivity index (χ4n) is 2.47. The lowest BCUT2D eigenvalue weighted by atomic mass is 9.92. The van der Waals surface area contributed by atoms with E-state index in [2.05, 4.69) is 10.4 Å². The zero-order chi connectivity index (χ0) is 19.8. The molecule has 0 saturated carbocycles. The Bertz CT molecular complexity index is 1010. The lowest BCUT2D eigenvalue weighted by Gasteiger charge is -2.14. The molecule has 0 atom stereocenters. The highest BCUT2D eigenvalue weighted by atomic mass is 35.5. The molecule has 0 radical (unpaired) electrons. The Morgan fingerprint density at radius 2 is 1.85 bits per heavy atom. The molecule has 1 N–H and O–H groups in total. The number of hydrogen-bond acceptors (Lipinski definition) is 2. The molecule has 7 heteroatoms. The molecule has 1 amide bonds. The third kappa shape index (κ3) is 4.17. The summed E-state index contributed by atoms with van der Waals surface area (Å²) in [6.07, 6.45) is 0. The first-order chi connectivity index (χ1) is 12.6. The quantitative estimate of drug-likeness (QED) is 0.656. The largest absolute Gasteiger partial charge is 0.306 e. The molecule has 0 aliphatic carbocycles. The molecular weight excluding hydrogens is 372 g/mol. The minimum Gasteiger partial charge on any atom is -0.306 e. The normalized spacial score (nSPS) is 11.5. The summed E-state index contributed by atoms with van der Waals surface area (Å²) in [6.45, 7) is 5.95. The van der Waals surface area contributed by atoms with E-state index in [4.69, 9.17) is 11.6 Å². The third-order valence-electron chi connectivity index (χ3n) is 3.95. The van der Waals surface area contributed by atoms with Crippen LogP contribution in [-0.2, 0) is 5.41 Å². The van der Waals surface area contributed by atoms with Gasteiger partial charge in [0, 0.05) is 17.0 Å². The number of aromatic nitrogens is 2. The number of anilines is 1. The molecule has 0 aliphatic heterocycles. The van der Waals surface area contributed by atoms with Crippen molar-refractivity contribution >= 4 is 23.3 Å². The fourth-order valence-corrected chi connectivity index (χ4v) is 2.65. The van der Waals surface area contributed by atoms with Gasteiger partial charge in [0.2, 0.25) is 0 Å². The van der Waals surface area contributed by atoms with Gasteiger partial charge in [0.25, 0.3) is 5.91 Å². The second kappa shape index (κ2) is 7.12. The first-order valence-electron chi connectivity index (χ1n) is 8.28. The maximum absolute atomic E-state index is 13.7. The van der Waals surface area contributed by atoms with E-state index in [1.54, 1.807) is 18.2 Å². The summed E-state index contributed by atoms with van der Waals surface area (Å²) < 4.78 is 28.5. The molecule has 4 nitrogen and oxygen atoms in total. The zero-order valence-corrected chi connectivity index (χ0v) is 15.8. The van der Waals surface area contributed by atoms with Gasteiger partial charge in [-0.05, 0) is 36.4 Å². The molecule has 1 heterocycles. The van der Waals surface area contributed by atoms with Crippen molar-refractivity contribution in [1.29, 1.82) is 0 Å². The minimum atomic E-state index is -0.604. The Morgan fingerprint density at radius 3 is 2.48 bits per heavy atom. The van der Waals surface area contributed by atoms with E-state index >= 15 is 0 Å². The molecule has 0 spiro atoms. The zero-order valence-electron chi connectivity index (χ0n) is 15.1. The third-order valence-corrected chi connectivity index (χ3v) is 4.24. The molecule has 0 saturated heterocycles. The van der Waals surface area contributed by atoms with Gasteiger partial charge in [-0.15, -0.1) is 0 Å². The summed E-state index contributed by atoms with van der Waals surface area (Å²) in [5.41, 5.74) is 1.11. The number of nitrogens with zero attached hydrogens (tertiary/aromatic N) is 2. The van der Waals surface area contributed by atoms with Gasteiger partial charge < -0.3 is 5.32 Å². The highest BCUT2D eigenvalue weighted by Gasteiger charge is 2.22. The van der Waals surface area contributed by atoms with E-state index in [1.807, 2.05) is 20.8 Å². The van der Waals surface area contributed by atoms with Crippen LogP contribution >= 0.6 is 11.6 Å². The van der Waals surface area contributed by atoms with Crippen molar-refractivity contribution < 1.29 is 13.6 Å². The van der Waals surface area contributed by atoms with E-state index < -0.39 is 17.5 Å². The molecule has 0 unspecified atom stereocenters. The molecule has 0 bridgehead atoms. The summed E-state index contributed by atoms with van der Waals surface area (Å²) in [4.78, 5) is 12.6. The van der Waals surface area contributed by atoms with Crippen molar-refractivity contribution in [1.82, 2.24) is 9.78 Å². The Hall–Kier alpha value is -2.73. The van der Waals surface area contributed by atoms with Crippen LogP contribution in [0.3, 0.4) is 0 Å². The first kappa shape index (κ1) is 19.0. The molecule has 3 aromatic rings. The number of halogens is 3. The fraction of sp³-hybridized carbons (Fsp3) is 0.200. The molecule has 0 fully saturated rings. The Morgan fingerprint density at radius 1 is 1.11 bits per heavy atom. The topological polar surface area (TPSA) is 46.9 Å². The van der Waals surface area contributed by atoms with Crippen molar-refractivity contribution in [3.05, 3.63) is 76.4 Å². The Kier molecular flexibility index (Phi) is 5.02. The van der Waals surface area contributed by atoms with Crippen molar-refractivity contribution in [2.45, 2.75) is 26.2 Å². The summed E-state index contributed by atoms with van der Waals surface area (Å²) >= 11 is 5.76. The standard InChI is InChI=1S/C20H18ClF2N3O/c1-20(2,3)17-11-18(26(25-17)14-6-4-5-13(22)10-14)24-19(27)12-7-8-16(23)15(21)9-12/h4-11H,1-3H3,(H,24,27). The predicted molar refractivity (Wildman–Crippen MR) is 102 cm³/mol. The lowest BCUT2D eigenvalue weighted by Crippen LogP contribution is -2.15. The van der Waals surface area contributed by atoms with Crippen LogP contribution in [0.2, 0.25) is 5.02 Å². The van der Waals surface area contributed by atoms with Crippen LogP contribution in [0.15, 0.2) is 48.5 Å². The maximum Gasteiger partial charge on any atom is 0.256 e. The van der Waals surface area contributed by atoms with Crippen LogP contribution < -0.4 is 5.32 Å². The van der Waals surface area contributed by atoms with Gasteiger partial charge in [-0.2, -0.15) is 5.10 Å². The molecule has 1 aromatic heterocycles. The summed E-state index contributed by atoms with van der Waals surface area (Å²) in [6, 6.07) is 11.3. The summed E-state index contributed by atoms with van der Waals surface area (Å²) in [5.74, 6) is -1.12. The molecule has 27 heavy (non-hydrogen) atoms. The van der Waals surface area contributed by atoms with Gasteiger partial charge in [0.05, 0.1) is 16.4 Å². The first-order valence-corrected chi connectivity index (χ1v) is 8.66. The number of amides is 1. The van der Waals surface area contributed by atoms with Crippen LogP contribution in [0.1, 0.15) is 36.8 Å². The summed E-state index contributed by atoms with van der Waals surface area (Å²) in [5, 5.41) is 7.12. The number of carbonyl (C=O) groups is 1. The summed E-state index contributed by atoms with van der Waals surface area (Å²) in [7, 11) is 0. The van der Waals surface area contributed by atoms with Crippen LogP contribution in [0, 0.1) is 11.6 Å². The highest BCUT2D eigenvalue weighted by Crippen LogP contribution is 2.27. The van der Waals surface area contributed by atoms with Crippen LogP contribution in [0.4, 0.5) is 14.6 Å². The van der Waals surface area contributed by atoms with E-state index in [0.717, 1.165) is 11.8 Å². The van der Waals surface area contributed by atoms with Crippen molar-refractivity contribution in [3.8, 4) is 5.69 Å². The SMILES string of the molecule is CC(C)(C)c1cc(NC(=O)c2ccc(F)c(Cl)c2)n(-c2cccc(F)c2)n1. The monoisotopic (exact) mass is 389 g/mol. The van der Waals surface area contributed by atoms with E-state index in [0.29, 0.717) is 11.5 Å². The van der Waals surface area contributed by atoms with E-state index in [1.165, 1.54) is 28.9 Å². The van der Waals surface area contributed by atoms with Crippen molar-refractivity contribution in [3.63, 3.8) is 0 Å². The second-order valence-electron chi connectivity index (χ2n) is 7.14. The molecule has 0 aliphatic rings. The van der Waals surface area contributed by atoms with Crippen LogP contribution in [-0.4, -0.2) is 15.7 Å². The average Bonchev–Trinajstić information content (AvgIpc) is 3.01. The van der Waals surface area contributed by atoms with Gasteiger partial charge in [0.15, 0.2) is 0 Å². The van der Waals surface area contributed by atoms with Crippen LogP contribution in [0.25, 0.3) is 5.69 Å².